The zero-order valence-electron chi connectivity index (χ0n) is 17.2. The fraction of sp³-hybridized carbons (Fsp3) is 0.364. The summed E-state index contributed by atoms with van der Waals surface area (Å²) < 4.78 is 12.2. The van der Waals surface area contributed by atoms with Crippen molar-refractivity contribution in [3.05, 3.63) is 62.5 Å². The Labute approximate surface area is 182 Å². The number of thiazole rings is 1. The van der Waals surface area contributed by atoms with Crippen LogP contribution in [0, 0.1) is 6.92 Å². The summed E-state index contributed by atoms with van der Waals surface area (Å²) in [4.78, 5) is 42.6. The van der Waals surface area contributed by atoms with Gasteiger partial charge in [-0.15, -0.1) is 11.3 Å². The summed E-state index contributed by atoms with van der Waals surface area (Å²) >= 11 is 1.52. The second-order valence-electron chi connectivity index (χ2n) is 7.42. The Kier molecular flexibility index (Phi) is 6.31. The number of aryl methyl sites for hydroxylation is 3. The number of esters is 1. The summed E-state index contributed by atoms with van der Waals surface area (Å²) in [5.74, 6) is -0.470. The fourth-order valence-corrected chi connectivity index (χ4v) is 4.66. The van der Waals surface area contributed by atoms with Crippen LogP contribution in [0.4, 0.5) is 0 Å². The molecule has 2 aromatic heterocycles. The van der Waals surface area contributed by atoms with Crippen LogP contribution < -0.4 is 15.6 Å². The van der Waals surface area contributed by atoms with Crippen LogP contribution in [0.15, 0.2) is 35.1 Å². The summed E-state index contributed by atoms with van der Waals surface area (Å²) in [6.45, 7) is 1.35. The number of nitrogens with zero attached hydrogens (tertiary/aromatic N) is 2. The van der Waals surface area contributed by atoms with E-state index in [1.165, 1.54) is 22.3 Å². The number of hydrogen-bond acceptors (Lipinski definition) is 7. The van der Waals surface area contributed by atoms with Crippen molar-refractivity contribution in [3.8, 4) is 5.75 Å². The van der Waals surface area contributed by atoms with Gasteiger partial charge in [0.1, 0.15) is 18.9 Å². The van der Waals surface area contributed by atoms with E-state index in [1.807, 2.05) is 19.1 Å². The monoisotopic (exact) mass is 441 g/mol. The van der Waals surface area contributed by atoms with E-state index >= 15 is 0 Å². The van der Waals surface area contributed by atoms with Gasteiger partial charge in [-0.05, 0) is 44.7 Å². The zero-order chi connectivity index (χ0) is 21.8. The lowest BCUT2D eigenvalue weighted by Gasteiger charge is -2.10. The van der Waals surface area contributed by atoms with Gasteiger partial charge in [0.25, 0.3) is 11.5 Å². The average molecular weight is 442 g/mol. The molecule has 162 valence electrons. The van der Waals surface area contributed by atoms with Crippen molar-refractivity contribution >= 4 is 28.2 Å². The van der Waals surface area contributed by atoms with E-state index < -0.39 is 11.9 Å². The predicted octanol–water partition coefficient (Wildman–Crippen LogP) is 2.18. The van der Waals surface area contributed by atoms with Gasteiger partial charge in [0.05, 0.1) is 5.69 Å². The van der Waals surface area contributed by atoms with Crippen LogP contribution in [0.5, 0.6) is 5.75 Å². The molecular weight excluding hydrogens is 418 g/mol. The summed E-state index contributed by atoms with van der Waals surface area (Å²) in [5.41, 5.74) is 2.39. The highest BCUT2D eigenvalue weighted by Crippen LogP contribution is 2.28. The van der Waals surface area contributed by atoms with Crippen molar-refractivity contribution in [2.45, 2.75) is 39.2 Å². The van der Waals surface area contributed by atoms with Crippen LogP contribution in [0.3, 0.4) is 0 Å². The van der Waals surface area contributed by atoms with Gasteiger partial charge in [-0.1, -0.05) is 17.7 Å². The molecule has 0 spiro atoms. The maximum atomic E-state index is 12.5. The Morgan fingerprint density at radius 3 is 2.77 bits per heavy atom. The minimum absolute atomic E-state index is 0.122. The molecule has 3 aromatic rings. The Morgan fingerprint density at radius 1 is 1.19 bits per heavy atom. The number of nitrogens with one attached hydrogen (secondary N) is 1. The van der Waals surface area contributed by atoms with E-state index in [2.05, 4.69) is 10.3 Å². The molecule has 8 nitrogen and oxygen atoms in total. The first-order valence-corrected chi connectivity index (χ1v) is 11.0. The van der Waals surface area contributed by atoms with E-state index in [4.69, 9.17) is 9.47 Å². The van der Waals surface area contributed by atoms with Crippen molar-refractivity contribution in [2.75, 3.05) is 13.2 Å². The summed E-state index contributed by atoms with van der Waals surface area (Å²) in [6, 6.07) is 8.71. The molecule has 0 unspecified atom stereocenters. The zero-order valence-corrected chi connectivity index (χ0v) is 18.0. The molecule has 31 heavy (non-hydrogen) atoms. The van der Waals surface area contributed by atoms with Crippen LogP contribution in [0.1, 0.15) is 34.7 Å². The predicted molar refractivity (Wildman–Crippen MR) is 115 cm³/mol. The number of fused-ring (bicyclic) bond motifs is 3. The van der Waals surface area contributed by atoms with Gasteiger partial charge in [-0.3, -0.25) is 18.8 Å². The molecule has 1 aliphatic rings. The molecule has 2 heterocycles. The highest BCUT2D eigenvalue weighted by atomic mass is 32.1. The summed E-state index contributed by atoms with van der Waals surface area (Å²) in [5, 5.41) is 2.45. The smallest absolute Gasteiger partial charge is 0.325 e. The molecule has 0 aliphatic heterocycles. The Morgan fingerprint density at radius 2 is 1.97 bits per heavy atom. The lowest BCUT2D eigenvalue weighted by atomic mass is 10.0. The number of benzene rings is 1. The molecule has 1 amide bonds. The highest BCUT2D eigenvalue weighted by Gasteiger charge is 2.18. The molecule has 1 aliphatic carbocycles. The third kappa shape index (κ3) is 5.11. The SMILES string of the molecule is Cc1ccc(OCC(=O)NCC(=O)OCc2cc(=O)n3c4c(sc3n2)CCCC4)cc1. The topological polar surface area (TPSA) is 99.0 Å². The molecule has 0 saturated heterocycles. The number of carbonyl (C=O) groups is 2. The van der Waals surface area contributed by atoms with Gasteiger partial charge in [0.2, 0.25) is 0 Å². The van der Waals surface area contributed by atoms with E-state index in [9.17, 15) is 14.4 Å². The number of ether oxygens (including phenoxy) is 2. The maximum Gasteiger partial charge on any atom is 0.325 e. The molecule has 1 N–H and O–H groups in total. The minimum atomic E-state index is -0.615. The van der Waals surface area contributed by atoms with E-state index in [-0.39, 0.29) is 25.3 Å². The van der Waals surface area contributed by atoms with Gasteiger partial charge in [-0.2, -0.15) is 0 Å². The Bertz CT molecular complexity index is 1170. The standard InChI is InChI=1S/C22H23N3O5S/c1-14-6-8-16(9-7-14)29-13-19(26)23-11-21(28)30-12-15-10-20(27)25-17-4-2-3-5-18(17)31-22(25)24-15/h6-10H,2-5,11-13H2,1H3,(H,23,26). The third-order valence-corrected chi connectivity index (χ3v) is 6.16. The van der Waals surface area contributed by atoms with Gasteiger partial charge in [0.15, 0.2) is 11.6 Å². The van der Waals surface area contributed by atoms with Crippen molar-refractivity contribution < 1.29 is 19.1 Å². The Balaban J connectivity index is 1.26. The van der Waals surface area contributed by atoms with Gasteiger partial charge < -0.3 is 14.8 Å². The number of hydrogen-bond donors (Lipinski definition) is 1. The second kappa shape index (κ2) is 9.30. The largest absolute Gasteiger partial charge is 0.484 e. The van der Waals surface area contributed by atoms with Crippen LogP contribution >= 0.6 is 11.3 Å². The van der Waals surface area contributed by atoms with E-state index in [0.29, 0.717) is 16.4 Å². The summed E-state index contributed by atoms with van der Waals surface area (Å²) in [7, 11) is 0. The number of aromatic nitrogens is 2. The first kappa shape index (κ1) is 21.0. The van der Waals surface area contributed by atoms with Crippen LogP contribution in [-0.4, -0.2) is 34.4 Å². The first-order valence-electron chi connectivity index (χ1n) is 10.1. The molecule has 0 bridgehead atoms. The van der Waals surface area contributed by atoms with Crippen LogP contribution in [-0.2, 0) is 33.8 Å². The average Bonchev–Trinajstić information content (AvgIpc) is 3.14. The molecule has 0 saturated carbocycles. The molecule has 4 rings (SSSR count). The van der Waals surface area contributed by atoms with Crippen molar-refractivity contribution in [1.82, 2.24) is 14.7 Å². The van der Waals surface area contributed by atoms with E-state index in [1.54, 1.807) is 16.5 Å². The molecule has 9 heteroatoms. The third-order valence-electron chi connectivity index (χ3n) is 5.02. The molecule has 0 fully saturated rings. The maximum absolute atomic E-state index is 12.5. The highest BCUT2D eigenvalue weighted by molar-refractivity contribution is 7.17. The quantitative estimate of drug-likeness (QED) is 0.565. The van der Waals surface area contributed by atoms with Crippen LogP contribution in [0.2, 0.25) is 0 Å². The molecule has 0 radical (unpaired) electrons. The normalized spacial score (nSPS) is 12.9. The van der Waals surface area contributed by atoms with Gasteiger partial charge >= 0.3 is 5.97 Å². The molecular formula is C22H23N3O5S. The van der Waals surface area contributed by atoms with E-state index in [0.717, 1.165) is 36.9 Å². The van der Waals surface area contributed by atoms with Crippen molar-refractivity contribution in [1.29, 1.82) is 0 Å². The lowest BCUT2D eigenvalue weighted by molar-refractivity contribution is -0.145. The van der Waals surface area contributed by atoms with Gasteiger partial charge in [-0.25, -0.2) is 4.98 Å². The fourth-order valence-electron chi connectivity index (χ4n) is 3.43. The number of carbonyl (C=O) groups excluding carboxylic acids is 2. The number of amides is 1. The molecule has 1 aromatic carbocycles. The minimum Gasteiger partial charge on any atom is -0.484 e. The van der Waals surface area contributed by atoms with Gasteiger partial charge in [0, 0.05) is 16.6 Å². The first-order chi connectivity index (χ1) is 15.0. The second-order valence-corrected chi connectivity index (χ2v) is 8.48. The molecule has 0 atom stereocenters. The lowest BCUT2D eigenvalue weighted by Crippen LogP contribution is -2.34. The number of rotatable bonds is 7. The van der Waals surface area contributed by atoms with Crippen molar-refractivity contribution in [3.63, 3.8) is 0 Å². The summed E-state index contributed by atoms with van der Waals surface area (Å²) in [6.07, 6.45) is 4.06. The van der Waals surface area contributed by atoms with Crippen molar-refractivity contribution in [2.24, 2.45) is 0 Å². The Hall–Kier alpha value is -3.20. The van der Waals surface area contributed by atoms with Crippen LogP contribution in [0.25, 0.3) is 4.96 Å².